The summed E-state index contributed by atoms with van der Waals surface area (Å²) < 4.78 is 27.8. The molecule has 0 saturated heterocycles. The zero-order valence-corrected chi connectivity index (χ0v) is 21.8. The third-order valence-corrected chi connectivity index (χ3v) is 7.08. The number of carbonyl (C=O) groups excluding carboxylic acids is 3. The number of hydrogen-bond donors (Lipinski definition) is 3. The minimum Gasteiger partial charge on any atom is -0.347 e. The molecule has 0 radical (unpaired) electrons. The molecule has 9 nitrogen and oxygen atoms in total. The van der Waals surface area contributed by atoms with Crippen molar-refractivity contribution in [2.75, 3.05) is 13.1 Å². The predicted octanol–water partition coefficient (Wildman–Crippen LogP) is 2.36. The average Bonchev–Trinajstić information content (AvgIpc) is 2.89. The Morgan fingerprint density at radius 2 is 1.65 bits per heavy atom. The maximum absolute atomic E-state index is 12.8. The van der Waals surface area contributed by atoms with Crippen LogP contribution in [0.3, 0.4) is 0 Å². The summed E-state index contributed by atoms with van der Waals surface area (Å²) in [6.07, 6.45) is 2.68. The van der Waals surface area contributed by atoms with Crippen LogP contribution < -0.4 is 15.4 Å². The summed E-state index contributed by atoms with van der Waals surface area (Å²) in [4.78, 5) is 41.7. The number of benzene rings is 2. The van der Waals surface area contributed by atoms with E-state index in [0.717, 1.165) is 5.56 Å². The number of fused-ring (bicyclic) bond motifs is 1. The number of nitrogens with one attached hydrogen (secondary N) is 3. The highest BCUT2D eigenvalue weighted by Gasteiger charge is 2.23. The minimum atomic E-state index is -4.00. The van der Waals surface area contributed by atoms with Crippen molar-refractivity contribution in [3.63, 3.8) is 0 Å². The Balaban J connectivity index is 1.52. The maximum atomic E-state index is 12.8. The summed E-state index contributed by atoms with van der Waals surface area (Å²) in [5.41, 5.74) is 1.33. The minimum absolute atomic E-state index is 0.0300. The first-order valence-corrected chi connectivity index (χ1v) is 13.6. The second-order valence-electron chi connectivity index (χ2n) is 9.15. The van der Waals surface area contributed by atoms with Gasteiger partial charge in [0.15, 0.2) is 5.78 Å². The van der Waals surface area contributed by atoms with Crippen LogP contribution in [0.4, 0.5) is 0 Å². The van der Waals surface area contributed by atoms with Gasteiger partial charge in [0.05, 0.1) is 18.6 Å². The fourth-order valence-corrected chi connectivity index (χ4v) is 4.98. The van der Waals surface area contributed by atoms with Gasteiger partial charge in [0.25, 0.3) is 0 Å². The van der Waals surface area contributed by atoms with Gasteiger partial charge in [-0.05, 0) is 36.5 Å². The van der Waals surface area contributed by atoms with Gasteiger partial charge in [0.2, 0.25) is 21.8 Å². The summed E-state index contributed by atoms with van der Waals surface area (Å²) in [6.45, 7) is 2.99. The highest BCUT2D eigenvalue weighted by atomic mass is 32.2. The zero-order valence-electron chi connectivity index (χ0n) is 20.9. The molecular weight excluding hydrogens is 492 g/mol. The third-order valence-electron chi connectivity index (χ3n) is 5.65. The number of ketones is 1. The van der Waals surface area contributed by atoms with E-state index >= 15 is 0 Å². The van der Waals surface area contributed by atoms with Crippen molar-refractivity contribution in [1.29, 1.82) is 0 Å². The van der Waals surface area contributed by atoms with Crippen LogP contribution in [-0.4, -0.2) is 50.1 Å². The van der Waals surface area contributed by atoms with Crippen molar-refractivity contribution in [2.24, 2.45) is 5.92 Å². The molecule has 37 heavy (non-hydrogen) atoms. The topological polar surface area (TPSA) is 134 Å². The van der Waals surface area contributed by atoms with Crippen molar-refractivity contribution in [3.05, 3.63) is 72.4 Å². The first-order chi connectivity index (χ1) is 17.7. The van der Waals surface area contributed by atoms with Gasteiger partial charge in [-0.15, -0.1) is 0 Å². The van der Waals surface area contributed by atoms with E-state index in [1.165, 1.54) is 12.3 Å². The Morgan fingerprint density at radius 3 is 2.38 bits per heavy atom. The lowest BCUT2D eigenvalue weighted by Crippen LogP contribution is -2.49. The van der Waals surface area contributed by atoms with Gasteiger partial charge < -0.3 is 10.6 Å². The number of rotatable bonds is 13. The van der Waals surface area contributed by atoms with Crippen molar-refractivity contribution in [1.82, 2.24) is 20.3 Å². The maximum Gasteiger partial charge on any atom is 0.243 e. The molecule has 3 rings (SSSR count). The Bertz CT molecular complexity index is 1340. The number of aryl methyl sites for hydroxylation is 1. The van der Waals surface area contributed by atoms with Crippen LogP contribution in [0.5, 0.6) is 0 Å². The molecule has 0 unspecified atom stereocenters. The number of aromatic nitrogens is 1. The summed E-state index contributed by atoms with van der Waals surface area (Å²) in [6, 6.07) is 17.0. The van der Waals surface area contributed by atoms with Gasteiger partial charge in [0, 0.05) is 18.0 Å². The molecule has 0 aliphatic heterocycles. The number of nitrogens with zero attached hydrogens (tertiary/aromatic N) is 1. The molecule has 1 heterocycles. The van der Waals surface area contributed by atoms with Crippen LogP contribution in [0, 0.1) is 5.92 Å². The average molecular weight is 525 g/mol. The second-order valence-corrected chi connectivity index (χ2v) is 10.9. The highest BCUT2D eigenvalue weighted by Crippen LogP contribution is 2.20. The van der Waals surface area contributed by atoms with E-state index in [4.69, 9.17) is 0 Å². The highest BCUT2D eigenvalue weighted by molar-refractivity contribution is 7.89. The molecule has 3 aromatic rings. The Labute approximate surface area is 217 Å². The van der Waals surface area contributed by atoms with Gasteiger partial charge >= 0.3 is 0 Å². The molecule has 10 heteroatoms. The number of pyridine rings is 1. The molecule has 3 N–H and O–H groups in total. The molecule has 1 atom stereocenters. The molecule has 196 valence electrons. The van der Waals surface area contributed by atoms with E-state index in [1.54, 1.807) is 24.3 Å². The fourth-order valence-electron chi connectivity index (χ4n) is 3.79. The molecule has 0 saturated carbocycles. The van der Waals surface area contributed by atoms with Gasteiger partial charge in [-0.2, -0.15) is 0 Å². The number of para-hydroxylation sites is 1. The molecule has 0 fully saturated rings. The van der Waals surface area contributed by atoms with Crippen molar-refractivity contribution < 1.29 is 22.8 Å². The van der Waals surface area contributed by atoms with Crippen LogP contribution in [0.1, 0.15) is 32.3 Å². The molecule has 0 aliphatic rings. The monoisotopic (exact) mass is 524 g/mol. The van der Waals surface area contributed by atoms with Crippen LogP contribution >= 0.6 is 0 Å². The quantitative estimate of drug-likeness (QED) is 0.314. The number of hydrogen-bond acceptors (Lipinski definition) is 6. The smallest absolute Gasteiger partial charge is 0.243 e. The van der Waals surface area contributed by atoms with Crippen LogP contribution in [0.25, 0.3) is 10.9 Å². The molecule has 0 aliphatic carbocycles. The molecule has 0 bridgehead atoms. The van der Waals surface area contributed by atoms with E-state index in [0.29, 0.717) is 23.7 Å². The summed E-state index contributed by atoms with van der Waals surface area (Å²) >= 11 is 0. The predicted molar refractivity (Wildman–Crippen MR) is 141 cm³/mol. The third kappa shape index (κ3) is 8.47. The molecule has 2 amide bonds. The lowest BCUT2D eigenvalue weighted by molar-refractivity contribution is -0.130. The number of amides is 2. The number of carbonyl (C=O) groups is 3. The normalized spacial score (nSPS) is 12.3. The van der Waals surface area contributed by atoms with E-state index < -0.39 is 34.3 Å². The van der Waals surface area contributed by atoms with Gasteiger partial charge in [0.1, 0.15) is 10.9 Å². The summed E-state index contributed by atoms with van der Waals surface area (Å²) in [5, 5.41) is 5.94. The van der Waals surface area contributed by atoms with Crippen LogP contribution in [0.15, 0.2) is 71.8 Å². The van der Waals surface area contributed by atoms with Gasteiger partial charge in [-0.1, -0.05) is 62.4 Å². The summed E-state index contributed by atoms with van der Waals surface area (Å²) in [7, 11) is -4.00. The van der Waals surface area contributed by atoms with Crippen molar-refractivity contribution >= 4 is 38.5 Å². The second kappa shape index (κ2) is 13.1. The lowest BCUT2D eigenvalue weighted by atomic mass is 10.0. The van der Waals surface area contributed by atoms with Crippen molar-refractivity contribution in [3.8, 4) is 0 Å². The SMILES string of the molecule is CC(C)C[C@H](NC(=O)CCc1ccccc1)C(=O)NCC(=O)CNS(=O)(=O)c1cccc2cccnc12. The van der Waals surface area contributed by atoms with Gasteiger partial charge in [-0.3, -0.25) is 19.4 Å². The van der Waals surface area contributed by atoms with E-state index in [-0.39, 0.29) is 29.7 Å². The lowest BCUT2D eigenvalue weighted by Gasteiger charge is -2.20. The fraction of sp³-hybridized carbons (Fsp3) is 0.333. The molecule has 1 aromatic heterocycles. The zero-order chi connectivity index (χ0) is 26.8. The molecule has 2 aromatic carbocycles. The molecule has 0 spiro atoms. The number of Topliss-reactive ketones (excluding diaryl/α,β-unsaturated/α-hetero) is 1. The standard InChI is InChI=1S/C27H32N4O5S/c1-19(2)16-23(31-25(33)14-13-20-8-4-3-5-9-20)27(34)29-17-22(32)18-30-37(35,36)24-12-6-10-21-11-7-15-28-26(21)24/h3-12,15,19,23,30H,13-14,16-18H2,1-2H3,(H,29,34)(H,31,33)/t23-/m0/s1. The first-order valence-electron chi connectivity index (χ1n) is 12.1. The van der Waals surface area contributed by atoms with E-state index in [9.17, 15) is 22.8 Å². The van der Waals surface area contributed by atoms with Crippen LogP contribution in [0.2, 0.25) is 0 Å². The summed E-state index contributed by atoms with van der Waals surface area (Å²) in [5.74, 6) is -1.14. The van der Waals surface area contributed by atoms with Gasteiger partial charge in [-0.25, -0.2) is 13.1 Å². The molecular formula is C27H32N4O5S. The van der Waals surface area contributed by atoms with Crippen molar-refractivity contribution in [2.45, 2.75) is 44.0 Å². The van der Waals surface area contributed by atoms with E-state index in [1.807, 2.05) is 44.2 Å². The number of sulfonamides is 1. The Hall–Kier alpha value is -3.63. The largest absolute Gasteiger partial charge is 0.347 e. The Kier molecular flexibility index (Phi) is 9.87. The van der Waals surface area contributed by atoms with E-state index in [2.05, 4.69) is 20.3 Å². The van der Waals surface area contributed by atoms with Crippen LogP contribution in [-0.2, 0) is 30.8 Å². The first kappa shape index (κ1) is 27.9. The Morgan fingerprint density at radius 1 is 0.919 bits per heavy atom.